The maximum Gasteiger partial charge on any atom is 0.220 e. The second-order valence-corrected chi connectivity index (χ2v) is 22.5. The fourth-order valence-electron chi connectivity index (χ4n) is 6.58. The molecule has 0 amide bonds. The molecule has 2 N–H and O–H groups in total. The first-order chi connectivity index (χ1) is 20.3. The van der Waals surface area contributed by atoms with Crippen molar-refractivity contribution in [2.45, 2.75) is 103 Å². The molecule has 1 aromatic carbocycles. The third kappa shape index (κ3) is 7.65. The minimum absolute atomic E-state index is 0.223. The molecule has 10 heteroatoms. The van der Waals surface area contributed by atoms with Crippen molar-refractivity contribution in [3.05, 3.63) is 48.6 Å². The largest absolute Gasteiger partial charge is 0.464 e. The van der Waals surface area contributed by atoms with Crippen LogP contribution < -0.4 is 5.73 Å². The smallest absolute Gasteiger partial charge is 0.220 e. The average Bonchev–Trinajstić information content (AvgIpc) is 3.54. The van der Waals surface area contributed by atoms with Gasteiger partial charge >= 0.3 is 0 Å². The van der Waals surface area contributed by atoms with Crippen molar-refractivity contribution in [3.8, 4) is 22.6 Å². The standard InChI is InChI=1S/C33H51N5O3Si2/c1-22(2)43(23(3)4,24(5)6)41-17-14-29-37-30(26-11-10-25-13-16-40-28(25)20-26)31(27-12-15-35-32(34)36-27)38(29)21-39-18-19-42-33(7,8)9/h10-13,15-16,20,22-24H,14,17-19,21,42H2,1-9H3,(H2,34,35,36). The van der Waals surface area contributed by atoms with E-state index in [1.807, 2.05) is 18.2 Å². The van der Waals surface area contributed by atoms with Crippen molar-refractivity contribution < 1.29 is 13.6 Å². The van der Waals surface area contributed by atoms with Gasteiger partial charge in [-0.15, -0.1) is 0 Å². The summed E-state index contributed by atoms with van der Waals surface area (Å²) in [5, 5.41) is 1.45. The lowest BCUT2D eigenvalue weighted by Crippen LogP contribution is -2.48. The van der Waals surface area contributed by atoms with Gasteiger partial charge in [0.05, 0.1) is 23.3 Å². The number of nitrogens with zero attached hydrogens (tertiary/aromatic N) is 4. The molecule has 4 rings (SSSR count). The van der Waals surface area contributed by atoms with Gasteiger partial charge in [0.2, 0.25) is 5.95 Å². The Bertz CT molecular complexity index is 1470. The summed E-state index contributed by atoms with van der Waals surface area (Å²) in [7, 11) is -2.27. The lowest BCUT2D eigenvalue weighted by molar-refractivity contribution is 0.0860. The molecule has 0 unspecified atom stereocenters. The molecule has 0 atom stereocenters. The predicted molar refractivity (Wildman–Crippen MR) is 183 cm³/mol. The van der Waals surface area contributed by atoms with Gasteiger partial charge in [0.1, 0.15) is 18.1 Å². The summed E-state index contributed by atoms with van der Waals surface area (Å²) in [6.07, 6.45) is 4.07. The molecule has 0 saturated heterocycles. The number of nitrogens with two attached hydrogens (primary N) is 1. The Balaban J connectivity index is 1.76. The van der Waals surface area contributed by atoms with Gasteiger partial charge in [-0.1, -0.05) is 74.4 Å². The zero-order valence-corrected chi connectivity index (χ0v) is 30.0. The van der Waals surface area contributed by atoms with E-state index in [0.29, 0.717) is 47.1 Å². The van der Waals surface area contributed by atoms with Crippen LogP contribution in [0.15, 0.2) is 47.2 Å². The number of ether oxygens (including phenoxy) is 1. The fraction of sp³-hybridized carbons (Fsp3) is 0.545. The molecule has 0 saturated carbocycles. The van der Waals surface area contributed by atoms with Gasteiger partial charge in [0.15, 0.2) is 8.32 Å². The number of anilines is 1. The Morgan fingerprint density at radius 1 is 0.977 bits per heavy atom. The molecule has 0 aliphatic carbocycles. The summed E-state index contributed by atoms with van der Waals surface area (Å²) in [4.78, 5) is 14.0. The molecule has 43 heavy (non-hydrogen) atoms. The Morgan fingerprint density at radius 2 is 1.70 bits per heavy atom. The molecule has 4 aromatic rings. The summed E-state index contributed by atoms with van der Waals surface area (Å²) >= 11 is 0. The van der Waals surface area contributed by atoms with Gasteiger partial charge in [-0.2, -0.15) is 0 Å². The van der Waals surface area contributed by atoms with E-state index in [9.17, 15) is 0 Å². The van der Waals surface area contributed by atoms with Crippen LogP contribution in [0, 0.1) is 0 Å². The zero-order chi connectivity index (χ0) is 31.4. The maximum absolute atomic E-state index is 6.97. The Hall–Kier alpha value is -2.80. The van der Waals surface area contributed by atoms with Crippen molar-refractivity contribution in [2.24, 2.45) is 0 Å². The number of hydrogen-bond donors (Lipinski definition) is 1. The minimum Gasteiger partial charge on any atom is -0.464 e. The van der Waals surface area contributed by atoms with Gasteiger partial charge in [0.25, 0.3) is 0 Å². The highest BCUT2D eigenvalue weighted by atomic mass is 28.4. The highest BCUT2D eigenvalue weighted by Gasteiger charge is 2.45. The van der Waals surface area contributed by atoms with Crippen LogP contribution in [0.3, 0.4) is 0 Å². The normalized spacial score (nSPS) is 13.1. The van der Waals surface area contributed by atoms with E-state index in [2.05, 4.69) is 89.0 Å². The number of furan rings is 1. The molecule has 8 nitrogen and oxygen atoms in total. The molecular formula is C33H51N5O3Si2. The number of rotatable bonds is 14. The van der Waals surface area contributed by atoms with Crippen LogP contribution >= 0.6 is 0 Å². The minimum atomic E-state index is -2.03. The third-order valence-electron chi connectivity index (χ3n) is 8.51. The number of imidazole rings is 1. The van der Waals surface area contributed by atoms with E-state index in [0.717, 1.165) is 46.4 Å². The van der Waals surface area contributed by atoms with E-state index < -0.39 is 8.32 Å². The van der Waals surface area contributed by atoms with Crippen molar-refractivity contribution in [1.82, 2.24) is 19.5 Å². The van der Waals surface area contributed by atoms with Crippen LogP contribution in [0.4, 0.5) is 5.95 Å². The summed E-state index contributed by atoms with van der Waals surface area (Å²) in [6.45, 7) is 22.6. The summed E-state index contributed by atoms with van der Waals surface area (Å²) in [5.74, 6) is 1.13. The van der Waals surface area contributed by atoms with Crippen LogP contribution in [0.5, 0.6) is 0 Å². The second-order valence-electron chi connectivity index (χ2n) is 13.7. The topological polar surface area (TPSA) is 101 Å². The molecule has 0 bridgehead atoms. The van der Waals surface area contributed by atoms with Crippen molar-refractivity contribution >= 4 is 34.8 Å². The monoisotopic (exact) mass is 621 g/mol. The summed E-state index contributed by atoms with van der Waals surface area (Å²) < 4.78 is 21.2. The highest BCUT2D eigenvalue weighted by molar-refractivity contribution is 6.77. The number of hydrogen-bond acceptors (Lipinski definition) is 7. The molecule has 0 fully saturated rings. The Morgan fingerprint density at radius 3 is 2.35 bits per heavy atom. The van der Waals surface area contributed by atoms with E-state index in [1.54, 1.807) is 12.5 Å². The van der Waals surface area contributed by atoms with Crippen LogP contribution in [0.25, 0.3) is 33.6 Å². The first kappa shape index (κ1) is 33.1. The van der Waals surface area contributed by atoms with E-state index in [1.165, 1.54) is 0 Å². The van der Waals surface area contributed by atoms with Crippen LogP contribution in [-0.4, -0.2) is 50.6 Å². The molecule has 234 valence electrons. The SMILES string of the molecule is CC(C)[Si](OCCc1nc(-c2ccc3ccoc3c2)c(-c2ccnc(N)n2)n1COCC[SiH2]C(C)(C)C)(C(C)C)C(C)C. The zero-order valence-electron chi connectivity index (χ0n) is 27.6. The summed E-state index contributed by atoms with van der Waals surface area (Å²) in [6, 6.07) is 11.2. The van der Waals surface area contributed by atoms with Crippen molar-refractivity contribution in [2.75, 3.05) is 18.9 Å². The first-order valence-corrected chi connectivity index (χ1v) is 19.6. The molecule has 3 aromatic heterocycles. The van der Waals surface area contributed by atoms with Gasteiger partial charge < -0.3 is 23.9 Å². The van der Waals surface area contributed by atoms with E-state index in [4.69, 9.17) is 24.3 Å². The third-order valence-corrected chi connectivity index (χ3v) is 16.8. The average molecular weight is 622 g/mol. The van der Waals surface area contributed by atoms with Crippen LogP contribution in [-0.2, 0) is 22.3 Å². The van der Waals surface area contributed by atoms with Gasteiger partial charge in [-0.3, -0.25) is 0 Å². The second kappa shape index (κ2) is 13.9. The molecule has 0 aliphatic heterocycles. The number of aromatic nitrogens is 4. The van der Waals surface area contributed by atoms with Gasteiger partial charge in [0, 0.05) is 46.3 Å². The van der Waals surface area contributed by atoms with Gasteiger partial charge in [-0.05, 0) is 45.9 Å². The summed E-state index contributed by atoms with van der Waals surface area (Å²) in [5.41, 5.74) is 11.8. The van der Waals surface area contributed by atoms with Gasteiger partial charge in [-0.25, -0.2) is 15.0 Å². The molecule has 0 aliphatic rings. The molecule has 3 heterocycles. The Labute approximate surface area is 260 Å². The number of nitrogen functional groups attached to an aromatic ring is 1. The van der Waals surface area contributed by atoms with Crippen molar-refractivity contribution in [1.29, 1.82) is 0 Å². The lowest BCUT2D eigenvalue weighted by Gasteiger charge is -2.42. The fourth-order valence-corrected chi connectivity index (χ4v) is 13.4. The quantitative estimate of drug-likeness (QED) is 0.113. The number of fused-ring (bicyclic) bond motifs is 1. The van der Waals surface area contributed by atoms with E-state index >= 15 is 0 Å². The van der Waals surface area contributed by atoms with Crippen LogP contribution in [0.2, 0.25) is 27.7 Å². The maximum atomic E-state index is 6.97. The lowest BCUT2D eigenvalue weighted by atomic mass is 10.1. The van der Waals surface area contributed by atoms with Crippen molar-refractivity contribution in [3.63, 3.8) is 0 Å². The first-order valence-electron chi connectivity index (χ1n) is 15.7. The van der Waals surface area contributed by atoms with Crippen LogP contribution in [0.1, 0.15) is 68.1 Å². The predicted octanol–water partition coefficient (Wildman–Crippen LogP) is 7.85. The van der Waals surface area contributed by atoms with E-state index in [-0.39, 0.29) is 15.5 Å². The number of benzene rings is 1. The molecule has 0 spiro atoms. The molecular weight excluding hydrogens is 571 g/mol. The molecule has 0 radical (unpaired) electrons. The highest BCUT2D eigenvalue weighted by Crippen LogP contribution is 2.42. The Kier molecular flexibility index (Phi) is 10.7.